The van der Waals surface area contributed by atoms with E-state index in [0.29, 0.717) is 12.4 Å². The monoisotopic (exact) mass is 415 g/mol. The molecule has 3 aromatic rings. The summed E-state index contributed by atoms with van der Waals surface area (Å²) in [5.74, 6) is 0.769. The Hall–Kier alpha value is -2.78. The number of hydrogen-bond acceptors (Lipinski definition) is 5. The number of carbonyl (C=O) groups is 1. The molecule has 28 heavy (non-hydrogen) atoms. The highest BCUT2D eigenvalue weighted by atomic mass is 35.5. The molecule has 2 heterocycles. The van der Waals surface area contributed by atoms with Crippen LogP contribution in [0.25, 0.3) is 5.69 Å². The van der Waals surface area contributed by atoms with E-state index in [1.807, 2.05) is 19.2 Å². The second-order valence-corrected chi connectivity index (χ2v) is 5.72. The first-order chi connectivity index (χ1) is 13.4. The maximum Gasteiger partial charge on any atom is 0.435 e. The Balaban J connectivity index is 0.000000292. The standard InChI is InChI=1S/C12H8ClF3N2O2.C6H9NO/c13-8-3-1-2-4-9(8)18-11(20-6-5-19)7-10(17-18)12(14,15)16;1-7-5-6-3-2-4-8-6/h1-5,7H,6H2;2-4,7H,5H2,1H3. The molecule has 0 fully saturated rings. The second kappa shape index (κ2) is 9.95. The molecule has 150 valence electrons. The topological polar surface area (TPSA) is 69.3 Å². The molecule has 0 saturated carbocycles. The number of hydrogen-bond donors (Lipinski definition) is 1. The minimum absolute atomic E-state index is 0.209. The van der Waals surface area contributed by atoms with Crippen LogP contribution in [0.4, 0.5) is 13.2 Å². The van der Waals surface area contributed by atoms with Gasteiger partial charge >= 0.3 is 6.18 Å². The molecule has 10 heteroatoms. The van der Waals surface area contributed by atoms with Gasteiger partial charge < -0.3 is 14.5 Å². The van der Waals surface area contributed by atoms with Crippen molar-refractivity contribution >= 4 is 17.9 Å². The van der Waals surface area contributed by atoms with E-state index < -0.39 is 11.9 Å². The number of aromatic nitrogens is 2. The summed E-state index contributed by atoms with van der Waals surface area (Å²) < 4.78 is 48.9. The van der Waals surface area contributed by atoms with E-state index in [9.17, 15) is 18.0 Å². The zero-order chi connectivity index (χ0) is 20.6. The summed E-state index contributed by atoms with van der Waals surface area (Å²) in [4.78, 5) is 10.3. The first-order valence-corrected chi connectivity index (χ1v) is 8.40. The highest BCUT2D eigenvalue weighted by Crippen LogP contribution is 2.33. The van der Waals surface area contributed by atoms with Crippen molar-refractivity contribution in [1.29, 1.82) is 0 Å². The van der Waals surface area contributed by atoms with Gasteiger partial charge in [0.15, 0.2) is 12.0 Å². The molecule has 0 radical (unpaired) electrons. The Kier molecular flexibility index (Phi) is 7.65. The molecule has 2 aromatic heterocycles. The van der Waals surface area contributed by atoms with Crippen LogP contribution >= 0.6 is 11.6 Å². The number of benzene rings is 1. The van der Waals surface area contributed by atoms with E-state index in [1.54, 1.807) is 18.4 Å². The van der Waals surface area contributed by atoms with Crippen molar-refractivity contribution in [3.63, 3.8) is 0 Å². The lowest BCUT2D eigenvalue weighted by Crippen LogP contribution is -2.08. The van der Waals surface area contributed by atoms with Gasteiger partial charge in [0.2, 0.25) is 5.88 Å². The van der Waals surface area contributed by atoms with Gasteiger partial charge in [0, 0.05) is 6.07 Å². The van der Waals surface area contributed by atoms with Crippen molar-refractivity contribution in [1.82, 2.24) is 15.1 Å². The minimum atomic E-state index is -4.62. The molecule has 0 amide bonds. The van der Waals surface area contributed by atoms with Crippen LogP contribution in [0.2, 0.25) is 5.02 Å². The molecule has 0 aliphatic carbocycles. The van der Waals surface area contributed by atoms with Crippen LogP contribution in [0, 0.1) is 0 Å². The van der Waals surface area contributed by atoms with Gasteiger partial charge in [-0.1, -0.05) is 23.7 Å². The number of ether oxygens (including phenoxy) is 1. The first-order valence-electron chi connectivity index (χ1n) is 8.02. The maximum atomic E-state index is 12.7. The fourth-order valence-corrected chi connectivity index (χ4v) is 2.32. The van der Waals surface area contributed by atoms with Crippen molar-refractivity contribution in [3.8, 4) is 11.6 Å². The van der Waals surface area contributed by atoms with Crippen LogP contribution in [-0.2, 0) is 17.5 Å². The van der Waals surface area contributed by atoms with Gasteiger partial charge in [-0.25, -0.2) is 0 Å². The van der Waals surface area contributed by atoms with Crippen molar-refractivity contribution < 1.29 is 27.1 Å². The van der Waals surface area contributed by atoms with Gasteiger partial charge in [0.1, 0.15) is 12.4 Å². The van der Waals surface area contributed by atoms with Gasteiger partial charge in [-0.2, -0.15) is 23.0 Å². The maximum absolute atomic E-state index is 12.7. The molecule has 6 nitrogen and oxygen atoms in total. The molecule has 0 atom stereocenters. The third-order valence-corrected chi connectivity index (χ3v) is 3.60. The molecule has 0 saturated heterocycles. The average molecular weight is 416 g/mol. The van der Waals surface area contributed by atoms with Crippen LogP contribution < -0.4 is 10.1 Å². The molecular weight excluding hydrogens is 399 g/mol. The summed E-state index contributed by atoms with van der Waals surface area (Å²) in [6.45, 7) is 0.431. The van der Waals surface area contributed by atoms with Crippen LogP contribution in [0.3, 0.4) is 0 Å². The molecule has 0 spiro atoms. The van der Waals surface area contributed by atoms with Gasteiger partial charge in [-0.15, -0.1) is 0 Å². The Bertz CT molecular complexity index is 880. The quantitative estimate of drug-likeness (QED) is 0.613. The van der Waals surface area contributed by atoms with E-state index in [-0.39, 0.29) is 23.2 Å². The zero-order valence-electron chi connectivity index (χ0n) is 14.7. The average Bonchev–Trinajstić information content (AvgIpc) is 3.31. The number of carbonyl (C=O) groups excluding carboxylic acids is 1. The molecule has 1 aromatic carbocycles. The summed E-state index contributed by atoms with van der Waals surface area (Å²) in [6, 6.07) is 10.8. The molecule has 0 unspecified atom stereocenters. The van der Waals surface area contributed by atoms with Crippen molar-refractivity contribution in [2.75, 3.05) is 13.7 Å². The summed E-state index contributed by atoms with van der Waals surface area (Å²) in [5, 5.41) is 6.62. The number of para-hydroxylation sites is 1. The summed E-state index contributed by atoms with van der Waals surface area (Å²) in [7, 11) is 1.89. The highest BCUT2D eigenvalue weighted by Gasteiger charge is 2.35. The van der Waals surface area contributed by atoms with Crippen molar-refractivity contribution in [2.24, 2.45) is 0 Å². The zero-order valence-corrected chi connectivity index (χ0v) is 15.5. The smallest absolute Gasteiger partial charge is 0.435 e. The molecule has 1 N–H and O–H groups in total. The summed E-state index contributed by atoms with van der Waals surface area (Å²) in [5.41, 5.74) is -0.899. The molecule has 0 aliphatic rings. The lowest BCUT2D eigenvalue weighted by Gasteiger charge is -2.08. The van der Waals surface area contributed by atoms with Gasteiger partial charge in [0.05, 0.1) is 23.5 Å². The first kappa shape index (κ1) is 21.5. The normalized spacial score (nSPS) is 10.9. The molecule has 3 rings (SSSR count). The second-order valence-electron chi connectivity index (χ2n) is 5.32. The predicted molar refractivity (Wildman–Crippen MR) is 96.6 cm³/mol. The van der Waals surface area contributed by atoms with Crippen molar-refractivity contribution in [2.45, 2.75) is 12.7 Å². The fraction of sp³-hybridized carbons (Fsp3) is 0.222. The molecule has 0 aliphatic heterocycles. The van der Waals surface area contributed by atoms with E-state index in [4.69, 9.17) is 20.8 Å². The number of halogens is 4. The number of nitrogens with zero attached hydrogens (tertiary/aromatic N) is 2. The van der Waals surface area contributed by atoms with E-state index in [1.165, 1.54) is 12.1 Å². The number of aldehydes is 1. The van der Waals surface area contributed by atoms with E-state index >= 15 is 0 Å². The lowest BCUT2D eigenvalue weighted by molar-refractivity contribution is -0.141. The van der Waals surface area contributed by atoms with Crippen molar-refractivity contribution in [3.05, 3.63) is 65.2 Å². The Morgan fingerprint density at radius 2 is 2.04 bits per heavy atom. The number of rotatable bonds is 6. The number of alkyl halides is 3. The summed E-state index contributed by atoms with van der Waals surface area (Å²) >= 11 is 5.92. The van der Waals surface area contributed by atoms with Crippen LogP contribution in [0.15, 0.2) is 53.1 Å². The predicted octanol–water partition coefficient (Wildman–Crippen LogP) is 4.12. The van der Waals surface area contributed by atoms with E-state index in [2.05, 4.69) is 10.4 Å². The van der Waals surface area contributed by atoms with Gasteiger partial charge in [-0.3, -0.25) is 4.79 Å². The van der Waals surface area contributed by atoms with Gasteiger partial charge in [-0.05, 0) is 31.3 Å². The Morgan fingerprint density at radius 3 is 2.61 bits per heavy atom. The largest absolute Gasteiger partial charge is 0.470 e. The lowest BCUT2D eigenvalue weighted by atomic mass is 10.3. The van der Waals surface area contributed by atoms with Gasteiger partial charge in [0.25, 0.3) is 0 Å². The van der Waals surface area contributed by atoms with Crippen LogP contribution in [0.1, 0.15) is 11.5 Å². The molecular formula is C18H17ClF3N3O3. The minimum Gasteiger partial charge on any atom is -0.470 e. The summed E-state index contributed by atoms with van der Waals surface area (Å²) in [6.07, 6.45) is -2.52. The third-order valence-electron chi connectivity index (χ3n) is 3.28. The van der Waals surface area contributed by atoms with Crippen LogP contribution in [-0.4, -0.2) is 29.7 Å². The third kappa shape index (κ3) is 5.86. The Labute approximate surface area is 163 Å². The molecule has 0 bridgehead atoms. The SMILES string of the molecule is CNCc1ccco1.O=CCOc1cc(C(F)(F)F)nn1-c1ccccc1Cl. The highest BCUT2D eigenvalue weighted by molar-refractivity contribution is 6.32. The number of nitrogens with one attached hydrogen (secondary N) is 1. The Morgan fingerprint density at radius 1 is 1.29 bits per heavy atom. The van der Waals surface area contributed by atoms with E-state index in [0.717, 1.165) is 17.0 Å². The fourth-order valence-electron chi connectivity index (χ4n) is 2.11. The number of furan rings is 1. The van der Waals surface area contributed by atoms with Crippen LogP contribution in [0.5, 0.6) is 5.88 Å².